The smallest absolute Gasteiger partial charge is 0.328 e. The van der Waals surface area contributed by atoms with Crippen molar-refractivity contribution < 1.29 is 19.8 Å². The van der Waals surface area contributed by atoms with Gasteiger partial charge in [0.1, 0.15) is 10.6 Å². The van der Waals surface area contributed by atoms with E-state index in [-0.39, 0.29) is 17.8 Å². The third-order valence-corrected chi connectivity index (χ3v) is 7.07. The lowest BCUT2D eigenvalue weighted by molar-refractivity contribution is -0.139. The first-order valence-electron chi connectivity index (χ1n) is 10.4. The quantitative estimate of drug-likeness (QED) is 0.602. The van der Waals surface area contributed by atoms with Gasteiger partial charge in [0, 0.05) is 37.0 Å². The Morgan fingerprint density at radius 1 is 1.27 bits per heavy atom. The minimum absolute atomic E-state index is 0.191. The number of hydrogen-bond acceptors (Lipinski definition) is 8. The van der Waals surface area contributed by atoms with Gasteiger partial charge in [-0.3, -0.25) is 4.79 Å². The number of aliphatic hydroxyl groups excluding tert-OH is 1. The Labute approximate surface area is 178 Å². The predicted octanol–water partition coefficient (Wildman–Crippen LogP) is 1.56. The van der Waals surface area contributed by atoms with Crippen molar-refractivity contribution in [2.75, 3.05) is 43.0 Å². The monoisotopic (exact) mass is 433 g/mol. The summed E-state index contributed by atoms with van der Waals surface area (Å²) in [6.45, 7) is 4.17. The number of rotatable bonds is 7. The van der Waals surface area contributed by atoms with Crippen LogP contribution in [0.25, 0.3) is 10.2 Å². The number of fused-ring (bicyclic) bond motifs is 1. The molecule has 1 saturated heterocycles. The third kappa shape index (κ3) is 4.06. The highest BCUT2D eigenvalue weighted by molar-refractivity contribution is 7.18. The normalized spacial score (nSPS) is 18.3. The lowest BCUT2D eigenvalue weighted by Gasteiger charge is -2.38. The molecule has 9 nitrogen and oxygen atoms in total. The summed E-state index contributed by atoms with van der Waals surface area (Å²) >= 11 is 1.56. The highest BCUT2D eigenvalue weighted by Crippen LogP contribution is 2.34. The van der Waals surface area contributed by atoms with E-state index in [0.29, 0.717) is 26.2 Å². The zero-order valence-corrected chi connectivity index (χ0v) is 17.8. The largest absolute Gasteiger partial charge is 0.480 e. The lowest BCUT2D eigenvalue weighted by Crippen LogP contribution is -2.51. The zero-order valence-electron chi connectivity index (χ0n) is 17.0. The minimum Gasteiger partial charge on any atom is -0.480 e. The Morgan fingerprint density at radius 3 is 2.57 bits per heavy atom. The van der Waals surface area contributed by atoms with Crippen molar-refractivity contribution >= 4 is 45.2 Å². The van der Waals surface area contributed by atoms with Gasteiger partial charge >= 0.3 is 5.97 Å². The number of aliphatic carboxylic acids is 1. The molecule has 30 heavy (non-hydrogen) atoms. The van der Waals surface area contributed by atoms with E-state index in [2.05, 4.69) is 33.2 Å². The van der Waals surface area contributed by atoms with Crippen molar-refractivity contribution in [1.29, 1.82) is 0 Å². The number of thiophene rings is 1. The summed E-state index contributed by atoms with van der Waals surface area (Å²) in [4.78, 5) is 39.0. The van der Waals surface area contributed by atoms with Crippen LogP contribution in [0.4, 0.5) is 11.8 Å². The Bertz CT molecular complexity index is 937. The molecule has 0 bridgehead atoms. The van der Waals surface area contributed by atoms with Crippen LogP contribution in [0.2, 0.25) is 0 Å². The molecule has 1 amide bonds. The van der Waals surface area contributed by atoms with Crippen LogP contribution in [0.5, 0.6) is 0 Å². The molecule has 2 aromatic heterocycles. The standard InChI is InChI=1S/C20H27N5O4S/c1-2-13-10-14-16(22-20(23-17(14)30-13)21-15(11-26)19(28)29)24-6-8-25(9-7-24)18(27)12-4-3-5-12/h10,12,15,26H,2-9,11H2,1H3,(H,28,29)(H,21,22,23)/t15-/m1/s1. The highest BCUT2D eigenvalue weighted by atomic mass is 32.1. The number of anilines is 2. The van der Waals surface area contributed by atoms with E-state index >= 15 is 0 Å². The van der Waals surface area contributed by atoms with Gasteiger partial charge in [-0.2, -0.15) is 4.98 Å². The molecule has 2 aliphatic rings. The molecular weight excluding hydrogens is 406 g/mol. The van der Waals surface area contributed by atoms with E-state index in [1.807, 2.05) is 4.90 Å². The first-order chi connectivity index (χ1) is 14.5. The third-order valence-electron chi connectivity index (χ3n) is 5.90. The number of carboxylic acids is 1. The lowest BCUT2D eigenvalue weighted by atomic mass is 9.84. The predicted molar refractivity (Wildman–Crippen MR) is 115 cm³/mol. The van der Waals surface area contributed by atoms with Crippen LogP contribution in [0, 0.1) is 5.92 Å². The molecule has 0 spiro atoms. The molecule has 1 atom stereocenters. The molecule has 0 aromatic carbocycles. The fourth-order valence-electron chi connectivity index (χ4n) is 3.83. The van der Waals surface area contributed by atoms with Crippen LogP contribution >= 0.6 is 11.3 Å². The Balaban J connectivity index is 1.58. The number of carbonyl (C=O) groups is 2. The number of aryl methyl sites for hydroxylation is 1. The maximum Gasteiger partial charge on any atom is 0.328 e. The summed E-state index contributed by atoms with van der Waals surface area (Å²) in [6, 6.07) is 0.920. The van der Waals surface area contributed by atoms with Crippen LogP contribution in [0.1, 0.15) is 31.1 Å². The molecule has 0 unspecified atom stereocenters. The van der Waals surface area contributed by atoms with E-state index < -0.39 is 18.6 Å². The molecule has 1 aliphatic carbocycles. The second-order valence-electron chi connectivity index (χ2n) is 7.81. The van der Waals surface area contributed by atoms with Gasteiger partial charge in [0.2, 0.25) is 11.9 Å². The Kier molecular flexibility index (Phi) is 6.05. The SMILES string of the molecule is CCc1cc2c(N3CCN(C(=O)C4CCC4)CC3)nc(N[C@H](CO)C(=O)O)nc2s1. The first-order valence-corrected chi connectivity index (χ1v) is 11.3. The Morgan fingerprint density at radius 2 is 2.00 bits per heavy atom. The maximum atomic E-state index is 12.5. The van der Waals surface area contributed by atoms with Gasteiger partial charge in [-0.25, -0.2) is 9.78 Å². The summed E-state index contributed by atoms with van der Waals surface area (Å²) in [5.41, 5.74) is 0. The molecule has 3 N–H and O–H groups in total. The molecule has 2 fully saturated rings. The van der Waals surface area contributed by atoms with Gasteiger partial charge in [-0.15, -0.1) is 11.3 Å². The van der Waals surface area contributed by atoms with E-state index in [1.165, 1.54) is 4.88 Å². The number of piperazine rings is 1. The van der Waals surface area contributed by atoms with Gasteiger partial charge in [0.05, 0.1) is 12.0 Å². The second kappa shape index (κ2) is 8.73. The van der Waals surface area contributed by atoms with Gasteiger partial charge in [-0.1, -0.05) is 13.3 Å². The molecule has 3 heterocycles. The van der Waals surface area contributed by atoms with Crippen molar-refractivity contribution in [1.82, 2.24) is 14.9 Å². The molecule has 1 aliphatic heterocycles. The van der Waals surface area contributed by atoms with Crippen molar-refractivity contribution in [3.8, 4) is 0 Å². The molecule has 4 rings (SSSR count). The van der Waals surface area contributed by atoms with E-state index in [9.17, 15) is 19.8 Å². The number of aromatic nitrogens is 2. The van der Waals surface area contributed by atoms with Crippen LogP contribution < -0.4 is 10.2 Å². The van der Waals surface area contributed by atoms with E-state index in [0.717, 1.165) is 41.7 Å². The number of amides is 1. The zero-order chi connectivity index (χ0) is 21.3. The molecule has 0 radical (unpaired) electrons. The van der Waals surface area contributed by atoms with E-state index in [4.69, 9.17) is 0 Å². The molecule has 2 aromatic rings. The number of carbonyl (C=O) groups excluding carboxylic acids is 1. The fraction of sp³-hybridized carbons (Fsp3) is 0.600. The summed E-state index contributed by atoms with van der Waals surface area (Å²) in [5, 5.41) is 22.2. The second-order valence-corrected chi connectivity index (χ2v) is 8.93. The van der Waals surface area contributed by atoms with Crippen LogP contribution in [-0.2, 0) is 16.0 Å². The maximum absolute atomic E-state index is 12.5. The van der Waals surface area contributed by atoms with Crippen molar-refractivity contribution in [3.05, 3.63) is 10.9 Å². The van der Waals surface area contributed by atoms with Crippen molar-refractivity contribution in [3.63, 3.8) is 0 Å². The van der Waals surface area contributed by atoms with Crippen molar-refractivity contribution in [2.45, 2.75) is 38.6 Å². The molecule has 162 valence electrons. The first kappa shape index (κ1) is 20.8. The minimum atomic E-state index is -1.17. The Hall–Kier alpha value is -2.46. The topological polar surface area (TPSA) is 119 Å². The fourth-order valence-corrected chi connectivity index (χ4v) is 4.79. The number of hydrogen-bond donors (Lipinski definition) is 3. The average molecular weight is 434 g/mol. The van der Waals surface area contributed by atoms with Crippen molar-refractivity contribution in [2.24, 2.45) is 5.92 Å². The summed E-state index contributed by atoms with van der Waals surface area (Å²) in [5.74, 6) is 0.250. The van der Waals surface area contributed by atoms with Gasteiger partial charge in [-0.05, 0) is 25.3 Å². The van der Waals surface area contributed by atoms with Gasteiger partial charge < -0.3 is 25.3 Å². The van der Waals surface area contributed by atoms with E-state index in [1.54, 1.807) is 11.3 Å². The van der Waals surface area contributed by atoms with Gasteiger partial charge in [0.15, 0.2) is 6.04 Å². The van der Waals surface area contributed by atoms with Crippen LogP contribution in [0.15, 0.2) is 6.07 Å². The number of nitrogens with one attached hydrogen (secondary N) is 1. The summed E-state index contributed by atoms with van der Waals surface area (Å²) in [7, 11) is 0. The highest BCUT2D eigenvalue weighted by Gasteiger charge is 2.32. The molecule has 10 heteroatoms. The number of nitrogens with zero attached hydrogens (tertiary/aromatic N) is 4. The summed E-state index contributed by atoms with van der Waals surface area (Å²) in [6.07, 6.45) is 4.03. The number of carboxylic acid groups (broad SMARTS) is 1. The molecular formula is C20H27N5O4S. The van der Waals surface area contributed by atoms with Crippen LogP contribution in [0.3, 0.4) is 0 Å². The average Bonchev–Trinajstić information content (AvgIpc) is 3.13. The molecule has 1 saturated carbocycles. The summed E-state index contributed by atoms with van der Waals surface area (Å²) < 4.78 is 0. The van der Waals surface area contributed by atoms with Crippen LogP contribution in [-0.4, -0.2) is 75.8 Å². The van der Waals surface area contributed by atoms with Gasteiger partial charge in [0.25, 0.3) is 0 Å². The number of aliphatic hydroxyl groups is 1.